The fourth-order valence-electron chi connectivity index (χ4n) is 5.75. The van der Waals surface area contributed by atoms with E-state index in [1.807, 2.05) is 0 Å². The molecule has 3 rings (SSSR count). The molecule has 2 aliphatic rings. The number of hydrogen-bond donors (Lipinski definition) is 2. The summed E-state index contributed by atoms with van der Waals surface area (Å²) in [6, 6.07) is 2.12. The highest BCUT2D eigenvalue weighted by molar-refractivity contribution is 5.55. The van der Waals surface area contributed by atoms with Crippen LogP contribution in [0.15, 0.2) is 6.07 Å². The first-order valence-corrected chi connectivity index (χ1v) is 9.21. The summed E-state index contributed by atoms with van der Waals surface area (Å²) in [7, 11) is 0. The van der Waals surface area contributed by atoms with Crippen molar-refractivity contribution in [2.75, 3.05) is 0 Å². The molecule has 0 radical (unpaired) electrons. The lowest BCUT2D eigenvalue weighted by atomic mass is 9.50. The van der Waals surface area contributed by atoms with Crippen molar-refractivity contribution in [3.8, 4) is 5.75 Å². The van der Waals surface area contributed by atoms with Crippen LogP contribution in [0.3, 0.4) is 0 Å². The number of benzene rings is 1. The Balaban J connectivity index is 2.24. The van der Waals surface area contributed by atoms with Crippen LogP contribution in [0.1, 0.15) is 88.5 Å². The van der Waals surface area contributed by atoms with E-state index in [2.05, 4.69) is 40.7 Å². The highest BCUT2D eigenvalue weighted by atomic mass is 16.3. The van der Waals surface area contributed by atoms with Crippen LogP contribution >= 0.6 is 0 Å². The molecule has 2 aliphatic carbocycles. The third-order valence-electron chi connectivity index (χ3n) is 6.80. The summed E-state index contributed by atoms with van der Waals surface area (Å²) < 4.78 is 0. The van der Waals surface area contributed by atoms with E-state index in [1.54, 1.807) is 0 Å². The first-order valence-electron chi connectivity index (χ1n) is 9.21. The molecular weight excluding hydrogens is 284 g/mol. The summed E-state index contributed by atoms with van der Waals surface area (Å²) in [4.78, 5) is 0. The van der Waals surface area contributed by atoms with Crippen molar-refractivity contribution >= 4 is 0 Å². The van der Waals surface area contributed by atoms with Gasteiger partial charge in [0.05, 0.1) is 6.61 Å². The second-order valence-corrected chi connectivity index (χ2v) is 8.99. The van der Waals surface area contributed by atoms with Crippen LogP contribution in [0.4, 0.5) is 0 Å². The molecule has 1 saturated carbocycles. The third-order valence-corrected chi connectivity index (χ3v) is 6.80. The molecule has 128 valence electrons. The van der Waals surface area contributed by atoms with Crippen molar-refractivity contribution in [1.82, 2.24) is 0 Å². The number of rotatable bonds is 2. The van der Waals surface area contributed by atoms with Crippen molar-refractivity contribution in [2.45, 2.75) is 84.7 Å². The van der Waals surface area contributed by atoms with Gasteiger partial charge in [-0.2, -0.15) is 0 Å². The molecule has 0 aromatic heterocycles. The van der Waals surface area contributed by atoms with Gasteiger partial charge in [0.15, 0.2) is 0 Å². The van der Waals surface area contributed by atoms with E-state index in [-0.39, 0.29) is 17.9 Å². The molecule has 1 aromatic rings. The number of aliphatic hydroxyl groups excluding tert-OH is 1. The van der Waals surface area contributed by atoms with Crippen LogP contribution in [0, 0.1) is 11.3 Å². The van der Waals surface area contributed by atoms with E-state index in [9.17, 15) is 10.2 Å². The Labute approximate surface area is 140 Å². The molecule has 0 spiro atoms. The maximum absolute atomic E-state index is 10.6. The first kappa shape index (κ1) is 16.8. The van der Waals surface area contributed by atoms with Gasteiger partial charge in [-0.15, -0.1) is 0 Å². The minimum atomic E-state index is -0.0804. The van der Waals surface area contributed by atoms with E-state index in [1.165, 1.54) is 36.8 Å². The van der Waals surface area contributed by atoms with Crippen molar-refractivity contribution in [3.63, 3.8) is 0 Å². The Hall–Kier alpha value is -1.02. The Bertz CT molecular complexity index is 615. The highest BCUT2D eigenvalue weighted by Gasteiger charge is 2.50. The summed E-state index contributed by atoms with van der Waals surface area (Å²) in [5, 5.41) is 20.4. The van der Waals surface area contributed by atoms with Crippen LogP contribution in [-0.2, 0) is 18.4 Å². The van der Waals surface area contributed by atoms with Crippen molar-refractivity contribution in [3.05, 3.63) is 28.3 Å². The molecule has 0 saturated heterocycles. The summed E-state index contributed by atoms with van der Waals surface area (Å²) in [6.45, 7) is 11.5. The van der Waals surface area contributed by atoms with Crippen LogP contribution < -0.4 is 0 Å². The first-order chi connectivity index (χ1) is 10.7. The average molecular weight is 316 g/mol. The topological polar surface area (TPSA) is 40.5 Å². The van der Waals surface area contributed by atoms with Gasteiger partial charge in [0, 0.05) is 11.1 Å². The fourth-order valence-corrected chi connectivity index (χ4v) is 5.75. The Morgan fingerprint density at radius 2 is 1.91 bits per heavy atom. The molecule has 2 atom stereocenters. The van der Waals surface area contributed by atoms with Gasteiger partial charge in [0.2, 0.25) is 0 Å². The molecule has 0 unspecified atom stereocenters. The molecule has 0 bridgehead atoms. The average Bonchev–Trinajstić information content (AvgIpc) is 2.45. The Kier molecular flexibility index (Phi) is 4.03. The molecule has 0 aliphatic heterocycles. The van der Waals surface area contributed by atoms with Gasteiger partial charge in [-0.05, 0) is 65.5 Å². The molecule has 1 fully saturated rings. The largest absolute Gasteiger partial charge is 0.507 e. The Morgan fingerprint density at radius 3 is 2.52 bits per heavy atom. The van der Waals surface area contributed by atoms with Gasteiger partial charge in [0.25, 0.3) is 0 Å². The van der Waals surface area contributed by atoms with Gasteiger partial charge < -0.3 is 10.2 Å². The molecule has 2 N–H and O–H groups in total. The number of phenols is 1. The van der Waals surface area contributed by atoms with Crippen molar-refractivity contribution in [1.29, 1.82) is 0 Å². The fraction of sp³-hybridized carbons (Fsp3) is 0.714. The van der Waals surface area contributed by atoms with Crippen LogP contribution in [0.2, 0.25) is 0 Å². The molecule has 23 heavy (non-hydrogen) atoms. The zero-order chi connectivity index (χ0) is 17.0. The molecular formula is C21H32O2. The van der Waals surface area contributed by atoms with Crippen LogP contribution in [0.25, 0.3) is 0 Å². The second kappa shape index (κ2) is 5.51. The van der Waals surface area contributed by atoms with Crippen molar-refractivity contribution in [2.24, 2.45) is 11.3 Å². The summed E-state index contributed by atoms with van der Waals surface area (Å²) in [6.07, 6.45) is 6.08. The lowest BCUT2D eigenvalue weighted by Crippen LogP contribution is -2.48. The quantitative estimate of drug-likeness (QED) is 0.802. The highest BCUT2D eigenvalue weighted by Crippen LogP contribution is 2.58. The summed E-state index contributed by atoms with van der Waals surface area (Å²) in [5.41, 5.74) is 5.11. The normalized spacial score (nSPS) is 29.3. The standard InChI is InChI=1S/C21H32O2/c1-13(2)18-15-7-8-17-20(3,4)9-6-10-21(17,5)16(15)11-14(12-22)19(18)23/h11,13,17,22-23H,6-10,12H2,1-5H3/t17-,21+/m0/s1. The maximum atomic E-state index is 10.6. The van der Waals surface area contributed by atoms with Gasteiger partial charge in [-0.25, -0.2) is 0 Å². The van der Waals surface area contributed by atoms with Gasteiger partial charge >= 0.3 is 0 Å². The number of aromatic hydroxyl groups is 1. The minimum Gasteiger partial charge on any atom is -0.507 e. The zero-order valence-corrected chi connectivity index (χ0v) is 15.4. The number of aliphatic hydroxyl groups is 1. The minimum absolute atomic E-state index is 0.0804. The smallest absolute Gasteiger partial charge is 0.124 e. The third kappa shape index (κ3) is 2.41. The lowest BCUT2D eigenvalue weighted by molar-refractivity contribution is 0.0403. The van der Waals surface area contributed by atoms with E-state index >= 15 is 0 Å². The molecule has 1 aromatic carbocycles. The van der Waals surface area contributed by atoms with E-state index in [0.717, 1.165) is 12.0 Å². The van der Waals surface area contributed by atoms with E-state index in [4.69, 9.17) is 0 Å². The predicted molar refractivity (Wildman–Crippen MR) is 94.9 cm³/mol. The Morgan fingerprint density at radius 1 is 1.22 bits per heavy atom. The number of fused-ring (bicyclic) bond motifs is 3. The SMILES string of the molecule is CC(C)c1c(O)c(CO)cc2c1CC[C@H]1C(C)(C)CCC[C@]21C. The summed E-state index contributed by atoms with van der Waals surface area (Å²) >= 11 is 0. The molecule has 2 nitrogen and oxygen atoms in total. The van der Waals surface area contributed by atoms with Gasteiger partial charge in [-0.1, -0.05) is 41.0 Å². The van der Waals surface area contributed by atoms with Gasteiger partial charge in [-0.3, -0.25) is 0 Å². The monoisotopic (exact) mass is 316 g/mol. The maximum Gasteiger partial charge on any atom is 0.124 e. The molecule has 0 heterocycles. The van der Waals surface area contributed by atoms with Crippen LogP contribution in [-0.4, -0.2) is 10.2 Å². The van der Waals surface area contributed by atoms with Crippen LogP contribution in [0.5, 0.6) is 5.75 Å². The molecule has 2 heteroatoms. The van der Waals surface area contributed by atoms with Gasteiger partial charge in [0.1, 0.15) is 5.75 Å². The predicted octanol–water partition coefficient (Wildman–Crippen LogP) is 5.04. The van der Waals surface area contributed by atoms with E-state index in [0.29, 0.717) is 22.6 Å². The zero-order valence-electron chi connectivity index (χ0n) is 15.4. The molecule has 0 amide bonds. The second-order valence-electron chi connectivity index (χ2n) is 8.99. The van der Waals surface area contributed by atoms with E-state index < -0.39 is 0 Å². The van der Waals surface area contributed by atoms with Crippen molar-refractivity contribution < 1.29 is 10.2 Å². The lowest BCUT2D eigenvalue weighted by Gasteiger charge is -2.55. The summed E-state index contributed by atoms with van der Waals surface area (Å²) in [5.74, 6) is 1.30. The number of hydrogen-bond acceptors (Lipinski definition) is 2.